The number of carbonyl (C=O) groups excluding carboxylic acids is 1. The molecule has 0 saturated heterocycles. The van der Waals surface area contributed by atoms with Gasteiger partial charge in [0.1, 0.15) is 11.8 Å². The summed E-state index contributed by atoms with van der Waals surface area (Å²) in [6.07, 6.45) is 1.05. The van der Waals surface area contributed by atoms with Crippen LogP contribution in [-0.2, 0) is 14.8 Å². The number of ether oxygens (including phenoxy) is 1. The Morgan fingerprint density at radius 1 is 1.04 bits per heavy atom. The van der Waals surface area contributed by atoms with Crippen LogP contribution in [0.5, 0.6) is 5.75 Å². The van der Waals surface area contributed by atoms with Crippen molar-refractivity contribution in [3.63, 3.8) is 0 Å². The van der Waals surface area contributed by atoms with Gasteiger partial charge in [0.2, 0.25) is 15.9 Å². The summed E-state index contributed by atoms with van der Waals surface area (Å²) < 4.78 is 31.2. The Labute approximate surface area is 175 Å². The third-order valence-corrected chi connectivity index (χ3v) is 5.36. The van der Waals surface area contributed by atoms with Crippen molar-refractivity contribution in [2.24, 2.45) is 0 Å². The van der Waals surface area contributed by atoms with Gasteiger partial charge in [-0.15, -0.1) is 0 Å². The average molecular weight is 445 g/mol. The first-order valence-electron chi connectivity index (χ1n) is 8.50. The molecule has 28 heavy (non-hydrogen) atoms. The Kier molecular flexibility index (Phi) is 7.20. The van der Waals surface area contributed by atoms with Crippen LogP contribution in [0, 0.1) is 0 Å². The van der Waals surface area contributed by atoms with E-state index in [1.807, 2.05) is 13.8 Å². The van der Waals surface area contributed by atoms with Crippen molar-refractivity contribution in [3.05, 3.63) is 52.5 Å². The van der Waals surface area contributed by atoms with Crippen LogP contribution in [-0.4, -0.2) is 32.7 Å². The Bertz CT molecular complexity index is 927. The van der Waals surface area contributed by atoms with Crippen molar-refractivity contribution in [3.8, 4) is 5.75 Å². The highest BCUT2D eigenvalue weighted by atomic mass is 35.5. The summed E-state index contributed by atoms with van der Waals surface area (Å²) in [5, 5.41) is 3.24. The number of sulfonamides is 1. The maximum atomic E-state index is 12.7. The number of benzene rings is 2. The zero-order chi connectivity index (χ0) is 21.1. The van der Waals surface area contributed by atoms with Gasteiger partial charge < -0.3 is 10.1 Å². The van der Waals surface area contributed by atoms with Crippen molar-refractivity contribution in [2.75, 3.05) is 15.9 Å². The van der Waals surface area contributed by atoms with Crippen LogP contribution in [0.3, 0.4) is 0 Å². The monoisotopic (exact) mass is 444 g/mol. The zero-order valence-corrected chi connectivity index (χ0v) is 18.3. The second kappa shape index (κ2) is 9.03. The van der Waals surface area contributed by atoms with Gasteiger partial charge in [-0.2, -0.15) is 0 Å². The highest BCUT2D eigenvalue weighted by molar-refractivity contribution is 7.92. The number of nitrogens with one attached hydrogen (secondary N) is 1. The lowest BCUT2D eigenvalue weighted by atomic mass is 10.2. The maximum absolute atomic E-state index is 12.7. The molecular weight excluding hydrogens is 423 g/mol. The molecule has 152 valence electrons. The topological polar surface area (TPSA) is 75.7 Å². The Balaban J connectivity index is 2.24. The van der Waals surface area contributed by atoms with Crippen LogP contribution in [0.1, 0.15) is 20.8 Å². The Morgan fingerprint density at radius 2 is 1.57 bits per heavy atom. The molecule has 0 spiro atoms. The first-order valence-corrected chi connectivity index (χ1v) is 11.1. The molecule has 0 fully saturated rings. The third kappa shape index (κ3) is 6.02. The Hall–Kier alpha value is -1.96. The summed E-state index contributed by atoms with van der Waals surface area (Å²) in [4.78, 5) is 12.7. The summed E-state index contributed by atoms with van der Waals surface area (Å²) >= 11 is 12.0. The molecule has 0 heterocycles. The first-order chi connectivity index (χ1) is 13.0. The molecule has 2 rings (SSSR count). The molecule has 0 aromatic heterocycles. The molecule has 0 aliphatic carbocycles. The molecule has 2 aromatic carbocycles. The minimum Gasteiger partial charge on any atom is -0.491 e. The molecule has 0 saturated carbocycles. The van der Waals surface area contributed by atoms with Gasteiger partial charge in [-0.05, 0) is 63.2 Å². The van der Waals surface area contributed by atoms with Gasteiger partial charge in [-0.25, -0.2) is 8.42 Å². The molecular formula is C19H22Cl2N2O4S. The normalized spacial score (nSPS) is 12.5. The van der Waals surface area contributed by atoms with Gasteiger partial charge in [0, 0.05) is 15.7 Å². The SMILES string of the molecule is CC(C)Oc1ccc(NC(=O)[C@H](C)N(c2cc(Cl)cc(Cl)c2)S(C)(=O)=O)cc1. The molecule has 1 atom stereocenters. The van der Waals surface area contributed by atoms with Crippen LogP contribution in [0.2, 0.25) is 10.0 Å². The molecule has 6 nitrogen and oxygen atoms in total. The van der Waals surface area contributed by atoms with Crippen molar-refractivity contribution in [1.29, 1.82) is 0 Å². The fourth-order valence-corrected chi connectivity index (χ4v) is 4.28. The largest absolute Gasteiger partial charge is 0.491 e. The lowest BCUT2D eigenvalue weighted by Gasteiger charge is -2.28. The lowest BCUT2D eigenvalue weighted by Crippen LogP contribution is -2.45. The molecule has 1 N–H and O–H groups in total. The molecule has 1 amide bonds. The van der Waals surface area contributed by atoms with Crippen LogP contribution >= 0.6 is 23.2 Å². The second-order valence-electron chi connectivity index (χ2n) is 6.54. The van der Waals surface area contributed by atoms with Crippen molar-refractivity contribution >= 4 is 50.5 Å². The quantitative estimate of drug-likeness (QED) is 0.677. The van der Waals surface area contributed by atoms with E-state index < -0.39 is 22.0 Å². The van der Waals surface area contributed by atoms with E-state index in [1.54, 1.807) is 24.3 Å². The van der Waals surface area contributed by atoms with E-state index in [1.165, 1.54) is 25.1 Å². The smallest absolute Gasteiger partial charge is 0.247 e. The van der Waals surface area contributed by atoms with Crippen LogP contribution in [0.4, 0.5) is 11.4 Å². The Morgan fingerprint density at radius 3 is 2.04 bits per heavy atom. The van der Waals surface area contributed by atoms with Crippen molar-refractivity contribution in [2.45, 2.75) is 32.9 Å². The predicted molar refractivity (Wildman–Crippen MR) is 114 cm³/mol. The fourth-order valence-electron chi connectivity index (χ4n) is 2.61. The highest BCUT2D eigenvalue weighted by Crippen LogP contribution is 2.29. The summed E-state index contributed by atoms with van der Waals surface area (Å²) in [7, 11) is -3.77. The molecule has 0 bridgehead atoms. The number of nitrogens with zero attached hydrogens (tertiary/aromatic N) is 1. The molecule has 0 unspecified atom stereocenters. The van der Waals surface area contributed by atoms with E-state index in [2.05, 4.69) is 5.32 Å². The zero-order valence-electron chi connectivity index (χ0n) is 15.9. The van der Waals surface area contributed by atoms with Crippen LogP contribution < -0.4 is 14.4 Å². The lowest BCUT2D eigenvalue weighted by molar-refractivity contribution is -0.116. The number of hydrogen-bond acceptors (Lipinski definition) is 4. The van der Waals surface area contributed by atoms with Gasteiger partial charge in [-0.3, -0.25) is 9.10 Å². The molecule has 0 radical (unpaired) electrons. The van der Waals surface area contributed by atoms with E-state index in [0.29, 0.717) is 11.4 Å². The van der Waals surface area contributed by atoms with E-state index >= 15 is 0 Å². The van der Waals surface area contributed by atoms with Crippen molar-refractivity contribution < 1.29 is 17.9 Å². The number of carbonyl (C=O) groups is 1. The number of halogens is 2. The van der Waals surface area contributed by atoms with E-state index in [9.17, 15) is 13.2 Å². The predicted octanol–water partition coefficient (Wildman–Crippen LogP) is 4.57. The average Bonchev–Trinajstić information content (AvgIpc) is 2.54. The first kappa shape index (κ1) is 22.3. The molecule has 9 heteroatoms. The van der Waals surface area contributed by atoms with Gasteiger partial charge in [0.15, 0.2) is 0 Å². The van der Waals surface area contributed by atoms with Gasteiger partial charge in [0.05, 0.1) is 18.0 Å². The summed E-state index contributed by atoms with van der Waals surface area (Å²) in [6.45, 7) is 5.32. The molecule has 2 aromatic rings. The van der Waals surface area contributed by atoms with Crippen LogP contribution in [0.25, 0.3) is 0 Å². The molecule has 0 aliphatic rings. The summed E-state index contributed by atoms with van der Waals surface area (Å²) in [6, 6.07) is 10.2. The standard InChI is InChI=1S/C19H22Cl2N2O4S/c1-12(2)27-18-7-5-16(6-8-18)22-19(24)13(3)23(28(4,25)26)17-10-14(20)9-15(21)11-17/h5-13H,1-4H3,(H,22,24)/t13-/m0/s1. The van der Waals surface area contributed by atoms with Crippen LogP contribution in [0.15, 0.2) is 42.5 Å². The maximum Gasteiger partial charge on any atom is 0.247 e. The summed E-state index contributed by atoms with van der Waals surface area (Å²) in [5.74, 6) is 0.173. The number of hydrogen-bond donors (Lipinski definition) is 1. The minimum atomic E-state index is -3.77. The number of anilines is 2. The molecule has 0 aliphatic heterocycles. The number of rotatable bonds is 7. The van der Waals surface area contributed by atoms with Gasteiger partial charge >= 0.3 is 0 Å². The second-order valence-corrected chi connectivity index (χ2v) is 9.27. The van der Waals surface area contributed by atoms with Gasteiger partial charge in [0.25, 0.3) is 0 Å². The highest BCUT2D eigenvalue weighted by Gasteiger charge is 2.29. The van der Waals surface area contributed by atoms with Gasteiger partial charge in [-0.1, -0.05) is 23.2 Å². The number of amides is 1. The minimum absolute atomic E-state index is 0.0355. The van der Waals surface area contributed by atoms with E-state index in [-0.39, 0.29) is 21.8 Å². The van der Waals surface area contributed by atoms with E-state index in [0.717, 1.165) is 10.6 Å². The summed E-state index contributed by atoms with van der Waals surface area (Å²) in [5.41, 5.74) is 0.730. The van der Waals surface area contributed by atoms with E-state index in [4.69, 9.17) is 27.9 Å². The fraction of sp³-hybridized carbons (Fsp3) is 0.316. The van der Waals surface area contributed by atoms with Crippen molar-refractivity contribution in [1.82, 2.24) is 0 Å². The third-order valence-electron chi connectivity index (χ3n) is 3.68.